The number of anilines is 1. The molecule has 0 bridgehead atoms. The maximum Gasteiger partial charge on any atom is 0.334 e. The van der Waals surface area contributed by atoms with E-state index in [2.05, 4.69) is 10.4 Å². The van der Waals surface area contributed by atoms with Crippen LogP contribution < -0.4 is 5.32 Å². The van der Waals surface area contributed by atoms with Crippen LogP contribution in [0, 0.1) is 16.0 Å². The highest BCUT2D eigenvalue weighted by molar-refractivity contribution is 5.71. The molecular weight excluding hydrogens is 276 g/mol. The first-order chi connectivity index (χ1) is 9.79. The van der Waals surface area contributed by atoms with Crippen molar-refractivity contribution in [1.82, 2.24) is 9.78 Å². The van der Waals surface area contributed by atoms with E-state index < -0.39 is 16.8 Å². The average Bonchev–Trinajstić information content (AvgIpc) is 2.71. The Balaban J connectivity index is 3.02. The molecule has 2 N–H and O–H groups in total. The SMILES string of the molecule is CCCC(CNc1c([N+](=O)[O-])c(C(C)C)nn1C)C(=O)O. The molecule has 8 heteroatoms. The highest BCUT2D eigenvalue weighted by Gasteiger charge is 2.29. The van der Waals surface area contributed by atoms with Crippen LogP contribution in [0.2, 0.25) is 0 Å². The Morgan fingerprint density at radius 1 is 1.52 bits per heavy atom. The van der Waals surface area contributed by atoms with Gasteiger partial charge in [0.15, 0.2) is 0 Å². The number of carbonyl (C=O) groups is 1. The molecule has 0 aromatic carbocycles. The van der Waals surface area contributed by atoms with E-state index in [0.717, 1.165) is 6.42 Å². The lowest BCUT2D eigenvalue weighted by Gasteiger charge is -2.12. The van der Waals surface area contributed by atoms with Gasteiger partial charge in [-0.05, 0) is 6.42 Å². The van der Waals surface area contributed by atoms with E-state index in [1.807, 2.05) is 20.8 Å². The van der Waals surface area contributed by atoms with Gasteiger partial charge in [0.2, 0.25) is 5.82 Å². The Morgan fingerprint density at radius 2 is 2.14 bits per heavy atom. The van der Waals surface area contributed by atoms with Crippen LogP contribution in [0.25, 0.3) is 0 Å². The van der Waals surface area contributed by atoms with Crippen LogP contribution in [0.4, 0.5) is 11.5 Å². The van der Waals surface area contributed by atoms with E-state index >= 15 is 0 Å². The largest absolute Gasteiger partial charge is 0.481 e. The molecule has 0 amide bonds. The summed E-state index contributed by atoms with van der Waals surface area (Å²) in [4.78, 5) is 21.9. The van der Waals surface area contributed by atoms with Crippen LogP contribution in [0.5, 0.6) is 0 Å². The van der Waals surface area contributed by atoms with Gasteiger partial charge in [-0.1, -0.05) is 27.2 Å². The fourth-order valence-corrected chi connectivity index (χ4v) is 2.18. The summed E-state index contributed by atoms with van der Waals surface area (Å²) < 4.78 is 1.40. The molecule has 1 aromatic heterocycles. The van der Waals surface area contributed by atoms with Gasteiger partial charge in [-0.3, -0.25) is 14.9 Å². The lowest BCUT2D eigenvalue weighted by Crippen LogP contribution is -2.23. The second-order valence-corrected chi connectivity index (χ2v) is 5.32. The van der Waals surface area contributed by atoms with Crippen molar-refractivity contribution in [3.05, 3.63) is 15.8 Å². The van der Waals surface area contributed by atoms with Gasteiger partial charge in [0.05, 0.1) is 10.8 Å². The number of rotatable bonds is 8. The molecule has 0 aliphatic heterocycles. The summed E-state index contributed by atoms with van der Waals surface area (Å²) in [5.41, 5.74) is 0.320. The Labute approximate surface area is 123 Å². The summed E-state index contributed by atoms with van der Waals surface area (Å²) in [5, 5.41) is 27.4. The summed E-state index contributed by atoms with van der Waals surface area (Å²) in [7, 11) is 1.61. The average molecular weight is 298 g/mol. The lowest BCUT2D eigenvalue weighted by molar-refractivity contribution is -0.384. The molecule has 8 nitrogen and oxygen atoms in total. The number of aliphatic carboxylic acids is 1. The van der Waals surface area contributed by atoms with Gasteiger partial charge in [0.1, 0.15) is 5.69 Å². The number of hydrogen-bond acceptors (Lipinski definition) is 5. The third kappa shape index (κ3) is 3.93. The predicted octanol–water partition coefficient (Wildman–Crippen LogP) is 2.36. The van der Waals surface area contributed by atoms with E-state index in [9.17, 15) is 14.9 Å². The molecule has 0 saturated heterocycles. The quantitative estimate of drug-likeness (QED) is 0.563. The second-order valence-electron chi connectivity index (χ2n) is 5.32. The minimum Gasteiger partial charge on any atom is -0.481 e. The smallest absolute Gasteiger partial charge is 0.334 e. The summed E-state index contributed by atoms with van der Waals surface area (Å²) in [6.45, 7) is 5.70. The van der Waals surface area contributed by atoms with Crippen LogP contribution in [0.3, 0.4) is 0 Å². The molecule has 1 unspecified atom stereocenters. The van der Waals surface area contributed by atoms with Crippen molar-refractivity contribution < 1.29 is 14.8 Å². The normalized spacial score (nSPS) is 12.4. The van der Waals surface area contributed by atoms with Crippen LogP contribution in [-0.2, 0) is 11.8 Å². The van der Waals surface area contributed by atoms with Crippen molar-refractivity contribution in [3.8, 4) is 0 Å². The number of carboxylic acids is 1. The van der Waals surface area contributed by atoms with Gasteiger partial charge in [-0.15, -0.1) is 0 Å². The van der Waals surface area contributed by atoms with Crippen molar-refractivity contribution in [2.24, 2.45) is 13.0 Å². The zero-order valence-electron chi connectivity index (χ0n) is 12.8. The van der Waals surface area contributed by atoms with Gasteiger partial charge in [-0.25, -0.2) is 4.68 Å². The minimum absolute atomic E-state index is 0.0758. The molecule has 118 valence electrons. The number of nitrogens with zero attached hydrogens (tertiary/aromatic N) is 3. The van der Waals surface area contributed by atoms with Crippen LogP contribution >= 0.6 is 0 Å². The Bertz CT molecular complexity index is 524. The number of nitrogens with one attached hydrogen (secondary N) is 1. The Morgan fingerprint density at radius 3 is 2.57 bits per heavy atom. The molecular formula is C13H22N4O4. The lowest BCUT2D eigenvalue weighted by atomic mass is 10.0. The van der Waals surface area contributed by atoms with Gasteiger partial charge >= 0.3 is 11.7 Å². The molecule has 0 aliphatic rings. The van der Waals surface area contributed by atoms with E-state index in [4.69, 9.17) is 5.11 Å². The van der Waals surface area contributed by atoms with Gasteiger partial charge in [0, 0.05) is 19.5 Å². The highest BCUT2D eigenvalue weighted by atomic mass is 16.6. The van der Waals surface area contributed by atoms with Crippen molar-refractivity contribution >= 4 is 17.5 Å². The van der Waals surface area contributed by atoms with Crippen molar-refractivity contribution in [1.29, 1.82) is 0 Å². The van der Waals surface area contributed by atoms with E-state index in [0.29, 0.717) is 12.1 Å². The summed E-state index contributed by atoms with van der Waals surface area (Å²) in [6.07, 6.45) is 1.26. The van der Waals surface area contributed by atoms with Crippen LogP contribution in [-0.4, -0.2) is 32.3 Å². The van der Waals surface area contributed by atoms with Gasteiger partial charge in [0.25, 0.3) is 0 Å². The molecule has 1 heterocycles. The fraction of sp³-hybridized carbons (Fsp3) is 0.692. The first-order valence-electron chi connectivity index (χ1n) is 6.97. The number of aryl methyl sites for hydroxylation is 1. The first-order valence-corrected chi connectivity index (χ1v) is 6.97. The third-order valence-corrected chi connectivity index (χ3v) is 3.28. The molecule has 21 heavy (non-hydrogen) atoms. The maximum absolute atomic E-state index is 11.3. The molecule has 1 atom stereocenters. The zero-order chi connectivity index (χ0) is 16.2. The molecule has 0 spiro atoms. The number of aromatic nitrogens is 2. The molecule has 0 fully saturated rings. The monoisotopic (exact) mass is 298 g/mol. The summed E-state index contributed by atoms with van der Waals surface area (Å²) in [6, 6.07) is 0. The molecule has 1 aromatic rings. The van der Waals surface area contributed by atoms with Crippen LogP contribution in [0.15, 0.2) is 0 Å². The molecule has 0 radical (unpaired) electrons. The fourth-order valence-electron chi connectivity index (χ4n) is 2.18. The molecule has 0 aliphatic carbocycles. The topological polar surface area (TPSA) is 110 Å². The predicted molar refractivity (Wildman–Crippen MR) is 78.5 cm³/mol. The summed E-state index contributed by atoms with van der Waals surface area (Å²) >= 11 is 0. The number of nitro groups is 1. The molecule has 0 saturated carbocycles. The van der Waals surface area contributed by atoms with E-state index in [1.54, 1.807) is 7.05 Å². The Kier molecular flexibility index (Phi) is 5.69. The highest BCUT2D eigenvalue weighted by Crippen LogP contribution is 2.32. The Hall–Kier alpha value is -2.12. The minimum atomic E-state index is -0.904. The number of hydrogen-bond donors (Lipinski definition) is 2. The van der Waals surface area contributed by atoms with Crippen molar-refractivity contribution in [3.63, 3.8) is 0 Å². The summed E-state index contributed by atoms with van der Waals surface area (Å²) in [5.74, 6) is -1.31. The van der Waals surface area contributed by atoms with Crippen LogP contribution in [0.1, 0.15) is 45.2 Å². The zero-order valence-corrected chi connectivity index (χ0v) is 12.8. The van der Waals surface area contributed by atoms with Gasteiger partial charge in [-0.2, -0.15) is 5.10 Å². The maximum atomic E-state index is 11.3. The first kappa shape index (κ1) is 16.9. The van der Waals surface area contributed by atoms with Crippen molar-refractivity contribution in [2.75, 3.05) is 11.9 Å². The second kappa shape index (κ2) is 7.05. The van der Waals surface area contributed by atoms with E-state index in [-0.39, 0.29) is 24.0 Å². The van der Waals surface area contributed by atoms with Gasteiger partial charge < -0.3 is 10.4 Å². The van der Waals surface area contributed by atoms with Crippen molar-refractivity contribution in [2.45, 2.75) is 39.5 Å². The molecule has 1 rings (SSSR count). The van der Waals surface area contributed by atoms with E-state index in [1.165, 1.54) is 4.68 Å². The number of carboxylic acid groups (broad SMARTS) is 1. The third-order valence-electron chi connectivity index (χ3n) is 3.28. The standard InChI is InChI=1S/C13H22N4O4/c1-5-6-9(13(18)19)7-14-12-11(17(20)21)10(8(2)3)15-16(12)4/h8-9,14H,5-7H2,1-4H3,(H,18,19).